The lowest BCUT2D eigenvalue weighted by atomic mass is 10.1. The number of hydrogen-bond acceptors (Lipinski definition) is 2. The number of fused-ring (bicyclic) bond motifs is 1. The molecule has 122 valence electrons. The van der Waals surface area contributed by atoms with Crippen molar-refractivity contribution in [1.82, 2.24) is 10.3 Å². The highest BCUT2D eigenvalue weighted by Gasteiger charge is 2.18. The van der Waals surface area contributed by atoms with Gasteiger partial charge in [-0.15, -0.1) is 0 Å². The summed E-state index contributed by atoms with van der Waals surface area (Å²) in [6, 6.07) is 7.19. The van der Waals surface area contributed by atoms with Gasteiger partial charge in [-0.1, -0.05) is 30.4 Å². The highest BCUT2D eigenvalue weighted by Crippen LogP contribution is 2.19. The minimum atomic E-state index is -1.01. The number of nitrogens with one attached hydrogen (secondary N) is 2. The van der Waals surface area contributed by atoms with Gasteiger partial charge in [0.1, 0.15) is 6.04 Å². The lowest BCUT2D eigenvalue weighted by Gasteiger charge is -2.12. The number of aryl methyl sites for hydroxylation is 1. The number of carboxylic acid groups (broad SMARTS) is 1. The van der Waals surface area contributed by atoms with Crippen LogP contribution in [0.5, 0.6) is 0 Å². The van der Waals surface area contributed by atoms with Crippen molar-refractivity contribution in [2.24, 2.45) is 0 Å². The van der Waals surface area contributed by atoms with Gasteiger partial charge in [-0.25, -0.2) is 4.79 Å². The Labute approximate surface area is 135 Å². The van der Waals surface area contributed by atoms with Gasteiger partial charge in [0.25, 0.3) is 0 Å². The van der Waals surface area contributed by atoms with Gasteiger partial charge in [-0.3, -0.25) is 4.79 Å². The number of carbonyl (C=O) groups excluding carboxylic acids is 1. The first-order chi connectivity index (χ1) is 11.1. The quantitative estimate of drug-likeness (QED) is 0.655. The van der Waals surface area contributed by atoms with Crippen LogP contribution in [0.1, 0.15) is 31.7 Å². The molecule has 0 bridgehead atoms. The monoisotopic (exact) mass is 314 g/mol. The molecule has 3 N–H and O–H groups in total. The molecule has 1 heterocycles. The van der Waals surface area contributed by atoms with Crippen molar-refractivity contribution in [3.8, 4) is 0 Å². The van der Waals surface area contributed by atoms with Crippen molar-refractivity contribution in [2.75, 3.05) is 0 Å². The minimum Gasteiger partial charge on any atom is -0.480 e. The van der Waals surface area contributed by atoms with E-state index in [1.165, 1.54) is 10.9 Å². The number of H-pyrrole nitrogens is 1. The molecule has 0 aliphatic carbocycles. The summed E-state index contributed by atoms with van der Waals surface area (Å²) in [6.07, 6.45) is 7.58. The van der Waals surface area contributed by atoms with Gasteiger partial charge < -0.3 is 15.4 Å². The van der Waals surface area contributed by atoms with E-state index in [2.05, 4.69) is 16.4 Å². The molecule has 2 aromatic rings. The topological polar surface area (TPSA) is 82.2 Å². The van der Waals surface area contributed by atoms with E-state index in [9.17, 15) is 9.59 Å². The van der Waals surface area contributed by atoms with Crippen LogP contribution in [0.2, 0.25) is 0 Å². The molecule has 5 nitrogen and oxygen atoms in total. The highest BCUT2D eigenvalue weighted by atomic mass is 16.4. The molecule has 2 rings (SSSR count). The summed E-state index contributed by atoms with van der Waals surface area (Å²) in [5.74, 6) is -1.23. The Kier molecular flexibility index (Phi) is 5.97. The van der Waals surface area contributed by atoms with Crippen molar-refractivity contribution in [3.63, 3.8) is 0 Å². The Hall–Kier alpha value is -2.56. The van der Waals surface area contributed by atoms with E-state index in [-0.39, 0.29) is 5.91 Å². The molecule has 23 heavy (non-hydrogen) atoms. The summed E-state index contributed by atoms with van der Waals surface area (Å²) < 4.78 is 0. The van der Waals surface area contributed by atoms with E-state index in [1.54, 1.807) is 12.2 Å². The summed E-state index contributed by atoms with van der Waals surface area (Å²) in [5, 5.41) is 12.8. The zero-order chi connectivity index (χ0) is 16.7. The summed E-state index contributed by atoms with van der Waals surface area (Å²) >= 11 is 0. The van der Waals surface area contributed by atoms with E-state index >= 15 is 0 Å². The molecule has 1 atom stereocenters. The molecule has 1 aromatic heterocycles. The number of carbonyl (C=O) groups is 2. The van der Waals surface area contributed by atoms with E-state index in [0.29, 0.717) is 19.3 Å². The third-order valence-electron chi connectivity index (χ3n) is 3.77. The molecule has 0 fully saturated rings. The lowest BCUT2D eigenvalue weighted by molar-refractivity contribution is -0.141. The average Bonchev–Trinajstić information content (AvgIpc) is 2.94. The van der Waals surface area contributed by atoms with Gasteiger partial charge in [0.15, 0.2) is 0 Å². The summed E-state index contributed by atoms with van der Waals surface area (Å²) in [6.45, 7) is 1.82. The molecule has 0 aliphatic rings. The van der Waals surface area contributed by atoms with Crippen molar-refractivity contribution < 1.29 is 14.7 Å². The van der Waals surface area contributed by atoms with Gasteiger partial charge in [0, 0.05) is 23.5 Å². The molecule has 1 unspecified atom stereocenters. The number of aromatic nitrogens is 1. The Morgan fingerprint density at radius 3 is 2.87 bits per heavy atom. The molecule has 1 amide bonds. The van der Waals surface area contributed by atoms with Crippen molar-refractivity contribution >= 4 is 22.8 Å². The third-order valence-corrected chi connectivity index (χ3v) is 3.77. The van der Waals surface area contributed by atoms with Crippen molar-refractivity contribution in [1.29, 1.82) is 0 Å². The molecule has 0 spiro atoms. The molecule has 0 saturated carbocycles. The first-order valence-corrected chi connectivity index (χ1v) is 7.80. The third kappa shape index (κ3) is 4.71. The van der Waals surface area contributed by atoms with E-state index in [4.69, 9.17) is 5.11 Å². The van der Waals surface area contributed by atoms with Crippen LogP contribution in [0.25, 0.3) is 10.9 Å². The van der Waals surface area contributed by atoms with Crippen molar-refractivity contribution in [3.05, 3.63) is 48.2 Å². The van der Waals surface area contributed by atoms with Crippen LogP contribution in [-0.2, 0) is 16.0 Å². The number of amides is 1. The molecule has 0 aliphatic heterocycles. The number of rotatable bonds is 8. The fourth-order valence-corrected chi connectivity index (χ4v) is 2.54. The van der Waals surface area contributed by atoms with Crippen LogP contribution in [0, 0.1) is 0 Å². The molecule has 5 heteroatoms. The first-order valence-electron chi connectivity index (χ1n) is 7.80. The Bertz CT molecular complexity index is 703. The van der Waals surface area contributed by atoms with Crippen LogP contribution in [0.15, 0.2) is 42.6 Å². The fraction of sp³-hybridized carbons (Fsp3) is 0.333. The maximum Gasteiger partial charge on any atom is 0.326 e. The van der Waals surface area contributed by atoms with E-state index in [1.807, 2.05) is 31.3 Å². The second kappa shape index (κ2) is 8.17. The van der Waals surface area contributed by atoms with Crippen LogP contribution in [0.4, 0.5) is 0 Å². The van der Waals surface area contributed by atoms with Gasteiger partial charge in [0.05, 0.1) is 0 Å². The highest BCUT2D eigenvalue weighted by molar-refractivity contribution is 5.84. The first kappa shape index (κ1) is 16.8. The van der Waals surface area contributed by atoms with Gasteiger partial charge in [0.2, 0.25) is 5.91 Å². The molecule has 1 aromatic carbocycles. The second-order valence-corrected chi connectivity index (χ2v) is 5.48. The Morgan fingerprint density at radius 1 is 1.35 bits per heavy atom. The normalized spacial score (nSPS) is 12.6. The summed E-state index contributed by atoms with van der Waals surface area (Å²) in [4.78, 5) is 26.2. The maximum atomic E-state index is 11.9. The van der Waals surface area contributed by atoms with E-state index in [0.717, 1.165) is 11.9 Å². The molecule has 0 radical (unpaired) electrons. The van der Waals surface area contributed by atoms with Crippen LogP contribution >= 0.6 is 0 Å². The molecular weight excluding hydrogens is 292 g/mol. The second-order valence-electron chi connectivity index (χ2n) is 5.48. The van der Waals surface area contributed by atoms with Gasteiger partial charge >= 0.3 is 5.97 Å². The van der Waals surface area contributed by atoms with Crippen LogP contribution < -0.4 is 5.32 Å². The van der Waals surface area contributed by atoms with Crippen molar-refractivity contribution in [2.45, 2.75) is 38.6 Å². The predicted octanol–water partition coefficient (Wildman–Crippen LogP) is 3.03. The number of aliphatic carboxylic acids is 1. The van der Waals surface area contributed by atoms with Gasteiger partial charge in [-0.05, 0) is 37.8 Å². The Balaban J connectivity index is 1.83. The maximum absolute atomic E-state index is 11.9. The number of carboxylic acids is 1. The molecule has 0 saturated heterocycles. The van der Waals surface area contributed by atoms with E-state index < -0.39 is 12.0 Å². The van der Waals surface area contributed by atoms with Gasteiger partial charge in [-0.2, -0.15) is 0 Å². The lowest BCUT2D eigenvalue weighted by Crippen LogP contribution is -2.40. The molecular formula is C18H22N2O3. The predicted molar refractivity (Wildman–Crippen MR) is 90.2 cm³/mol. The largest absolute Gasteiger partial charge is 0.480 e. The smallest absolute Gasteiger partial charge is 0.326 e. The van der Waals surface area contributed by atoms with Crippen LogP contribution in [0.3, 0.4) is 0 Å². The zero-order valence-corrected chi connectivity index (χ0v) is 13.2. The summed E-state index contributed by atoms with van der Waals surface area (Å²) in [7, 11) is 0. The van der Waals surface area contributed by atoms with Crippen LogP contribution in [-0.4, -0.2) is 28.0 Å². The number of para-hydroxylation sites is 1. The SMILES string of the molecule is C/C=C/CC(NC(=O)CCCc1c[nH]c2ccccc12)C(=O)O. The summed E-state index contributed by atoms with van der Waals surface area (Å²) in [5.41, 5.74) is 2.27. The zero-order valence-electron chi connectivity index (χ0n) is 13.2. The standard InChI is InChI=1S/C18H22N2O3/c1-2-3-9-16(18(22)23)20-17(21)11-6-7-13-12-19-15-10-5-4-8-14(13)15/h2-5,8,10,12,16,19H,6-7,9,11H2,1H3,(H,20,21)(H,22,23)/b3-2+. The fourth-order valence-electron chi connectivity index (χ4n) is 2.54. The number of aromatic amines is 1. The Morgan fingerprint density at radius 2 is 2.13 bits per heavy atom. The number of hydrogen-bond donors (Lipinski definition) is 3. The number of allylic oxidation sites excluding steroid dienone is 1. The minimum absolute atomic E-state index is 0.221. The number of benzene rings is 1. The average molecular weight is 314 g/mol.